The van der Waals surface area contributed by atoms with Crippen LogP contribution >= 0.6 is 23.1 Å². The number of carbonyl (C=O) groups is 1. The molecule has 1 aliphatic heterocycles. The number of nitrogens with one attached hydrogen (secondary N) is 1. The summed E-state index contributed by atoms with van der Waals surface area (Å²) in [5, 5.41) is 9.73. The first-order valence-electron chi connectivity index (χ1n) is 10.3. The van der Waals surface area contributed by atoms with Gasteiger partial charge in [-0.2, -0.15) is 0 Å². The van der Waals surface area contributed by atoms with E-state index in [9.17, 15) is 4.79 Å². The topological polar surface area (TPSA) is 82.0 Å². The number of aryl methyl sites for hydroxylation is 1. The average Bonchev–Trinajstić information content (AvgIpc) is 3.55. The summed E-state index contributed by atoms with van der Waals surface area (Å²) in [4.78, 5) is 18.4. The lowest BCUT2D eigenvalue weighted by Crippen LogP contribution is -2.33. The van der Waals surface area contributed by atoms with Crippen molar-refractivity contribution in [1.82, 2.24) is 19.7 Å². The SMILES string of the molecule is Cc1cc(C(=O)CSc2n[nH]c(-c3cccs3)n2)c(C)n1C[C@@H]1COc2ccccc2O1. The van der Waals surface area contributed by atoms with Gasteiger partial charge in [0.2, 0.25) is 5.16 Å². The highest BCUT2D eigenvalue weighted by Gasteiger charge is 2.24. The Bertz CT molecular complexity index is 1250. The van der Waals surface area contributed by atoms with Gasteiger partial charge in [0, 0.05) is 17.0 Å². The number of hydrogen-bond acceptors (Lipinski definition) is 7. The van der Waals surface area contributed by atoms with E-state index in [0.717, 1.165) is 39.2 Å². The molecule has 4 aromatic rings. The van der Waals surface area contributed by atoms with Crippen LogP contribution in [0.3, 0.4) is 0 Å². The molecule has 5 rings (SSSR count). The summed E-state index contributed by atoms with van der Waals surface area (Å²) in [5.74, 6) is 2.59. The Morgan fingerprint density at radius 1 is 1.25 bits per heavy atom. The molecule has 0 amide bonds. The van der Waals surface area contributed by atoms with Crippen LogP contribution < -0.4 is 9.47 Å². The molecule has 7 nitrogen and oxygen atoms in total. The van der Waals surface area contributed by atoms with Crippen LogP contribution in [0.15, 0.2) is 53.0 Å². The van der Waals surface area contributed by atoms with Crippen molar-refractivity contribution >= 4 is 28.9 Å². The van der Waals surface area contributed by atoms with Crippen molar-refractivity contribution in [2.45, 2.75) is 31.7 Å². The van der Waals surface area contributed by atoms with Gasteiger partial charge in [-0.1, -0.05) is 30.0 Å². The Labute approximate surface area is 193 Å². The second-order valence-corrected chi connectivity index (χ2v) is 9.44. The first-order valence-corrected chi connectivity index (χ1v) is 12.1. The molecule has 1 atom stereocenters. The van der Waals surface area contributed by atoms with Crippen LogP contribution in [0.4, 0.5) is 0 Å². The van der Waals surface area contributed by atoms with Crippen LogP contribution in [0.5, 0.6) is 11.5 Å². The van der Waals surface area contributed by atoms with E-state index in [1.165, 1.54) is 11.8 Å². The molecule has 3 aromatic heterocycles. The van der Waals surface area contributed by atoms with Gasteiger partial charge in [0.05, 0.1) is 17.2 Å². The molecule has 4 heterocycles. The lowest BCUT2D eigenvalue weighted by Gasteiger charge is -2.27. The first kappa shape index (κ1) is 20.8. The predicted octanol–water partition coefficient (Wildman–Crippen LogP) is 4.77. The van der Waals surface area contributed by atoms with Crippen molar-refractivity contribution < 1.29 is 14.3 Å². The summed E-state index contributed by atoms with van der Waals surface area (Å²) >= 11 is 2.94. The minimum Gasteiger partial charge on any atom is -0.486 e. The van der Waals surface area contributed by atoms with Crippen molar-refractivity contribution in [2.75, 3.05) is 12.4 Å². The molecule has 1 aromatic carbocycles. The highest BCUT2D eigenvalue weighted by atomic mass is 32.2. The van der Waals surface area contributed by atoms with Crippen LogP contribution in [0.1, 0.15) is 21.7 Å². The maximum atomic E-state index is 12.9. The molecule has 0 saturated carbocycles. The number of ether oxygens (including phenoxy) is 2. The fourth-order valence-corrected chi connectivity index (χ4v) is 5.11. The van der Waals surface area contributed by atoms with E-state index in [-0.39, 0.29) is 17.6 Å². The van der Waals surface area contributed by atoms with Gasteiger partial charge in [-0.3, -0.25) is 9.89 Å². The second-order valence-electron chi connectivity index (χ2n) is 7.55. The van der Waals surface area contributed by atoms with Crippen LogP contribution in [0.2, 0.25) is 0 Å². The van der Waals surface area contributed by atoms with E-state index in [4.69, 9.17) is 9.47 Å². The summed E-state index contributed by atoms with van der Waals surface area (Å²) in [6, 6.07) is 13.6. The molecule has 9 heteroatoms. The Kier molecular flexibility index (Phi) is 5.75. The number of thioether (sulfide) groups is 1. The molecule has 0 spiro atoms. The molecule has 0 saturated heterocycles. The van der Waals surface area contributed by atoms with Crippen molar-refractivity contribution in [2.24, 2.45) is 0 Å². The number of aromatic nitrogens is 4. The van der Waals surface area contributed by atoms with E-state index in [1.54, 1.807) is 11.3 Å². The summed E-state index contributed by atoms with van der Waals surface area (Å²) in [6.07, 6.45) is -0.115. The number of fused-ring (bicyclic) bond motifs is 1. The third kappa shape index (κ3) is 4.18. The van der Waals surface area contributed by atoms with Crippen molar-refractivity contribution in [3.8, 4) is 22.2 Å². The molecule has 0 unspecified atom stereocenters. The zero-order chi connectivity index (χ0) is 22.1. The summed E-state index contributed by atoms with van der Waals surface area (Å²) in [6.45, 7) is 5.09. The predicted molar refractivity (Wildman–Crippen MR) is 125 cm³/mol. The lowest BCUT2D eigenvalue weighted by molar-refractivity contribution is 0.0777. The molecule has 32 heavy (non-hydrogen) atoms. The maximum absolute atomic E-state index is 12.9. The molecule has 1 aliphatic rings. The highest BCUT2D eigenvalue weighted by molar-refractivity contribution is 7.99. The van der Waals surface area contributed by atoms with Gasteiger partial charge in [0.15, 0.2) is 29.2 Å². The molecule has 1 N–H and O–H groups in total. The average molecular weight is 467 g/mol. The Balaban J connectivity index is 1.24. The molecule has 0 aliphatic carbocycles. The summed E-state index contributed by atoms with van der Waals surface area (Å²) in [7, 11) is 0. The van der Waals surface area contributed by atoms with Crippen molar-refractivity contribution in [1.29, 1.82) is 0 Å². The van der Waals surface area contributed by atoms with Gasteiger partial charge >= 0.3 is 0 Å². The van der Waals surface area contributed by atoms with Crippen LogP contribution in [-0.4, -0.2) is 44.0 Å². The standard InChI is InChI=1S/C23H22N4O3S2/c1-14-10-17(18(28)13-32-23-24-22(25-26-23)21-8-5-9-31-21)15(2)27(14)11-16-12-29-19-6-3-4-7-20(19)30-16/h3-10,16H,11-13H2,1-2H3,(H,24,25,26)/t16-/m1/s1. The minimum absolute atomic E-state index is 0.0583. The highest BCUT2D eigenvalue weighted by Crippen LogP contribution is 2.32. The Morgan fingerprint density at radius 2 is 2.09 bits per heavy atom. The number of Topliss-reactive ketones (excluding diaryl/α,β-unsaturated/α-hetero) is 1. The van der Waals surface area contributed by atoms with Crippen molar-refractivity contribution in [3.05, 3.63) is 64.8 Å². The number of ketones is 1. The number of H-pyrrole nitrogens is 1. The molecule has 0 radical (unpaired) electrons. The quantitative estimate of drug-likeness (QED) is 0.312. The van der Waals surface area contributed by atoms with E-state index < -0.39 is 0 Å². The first-order chi connectivity index (χ1) is 15.6. The Morgan fingerprint density at radius 3 is 2.91 bits per heavy atom. The van der Waals surface area contributed by atoms with Gasteiger partial charge in [0.25, 0.3) is 0 Å². The number of carbonyl (C=O) groups excluding carboxylic acids is 1. The minimum atomic E-state index is -0.115. The van der Waals surface area contributed by atoms with E-state index in [1.807, 2.05) is 61.7 Å². The zero-order valence-corrected chi connectivity index (χ0v) is 19.3. The normalized spacial score (nSPS) is 15.1. The lowest BCUT2D eigenvalue weighted by atomic mass is 10.2. The third-order valence-electron chi connectivity index (χ3n) is 5.38. The molecule has 164 valence electrons. The van der Waals surface area contributed by atoms with Gasteiger partial charge < -0.3 is 14.0 Å². The number of aromatic amines is 1. The largest absolute Gasteiger partial charge is 0.486 e. The van der Waals surface area contributed by atoms with Gasteiger partial charge in [-0.15, -0.1) is 16.4 Å². The number of thiophene rings is 1. The van der Waals surface area contributed by atoms with Crippen LogP contribution in [0, 0.1) is 13.8 Å². The van der Waals surface area contributed by atoms with Gasteiger partial charge in [-0.05, 0) is 43.5 Å². The summed E-state index contributed by atoms with van der Waals surface area (Å²) < 4.78 is 14.1. The maximum Gasteiger partial charge on any atom is 0.209 e. The molecular weight excluding hydrogens is 444 g/mol. The van der Waals surface area contributed by atoms with Crippen molar-refractivity contribution in [3.63, 3.8) is 0 Å². The molecule has 0 bridgehead atoms. The zero-order valence-electron chi connectivity index (χ0n) is 17.7. The molecule has 0 fully saturated rings. The van der Waals surface area contributed by atoms with Crippen LogP contribution in [0.25, 0.3) is 10.7 Å². The fourth-order valence-electron chi connectivity index (χ4n) is 3.76. The Hall–Kier alpha value is -3.04. The smallest absolute Gasteiger partial charge is 0.209 e. The fraction of sp³-hybridized carbons (Fsp3) is 0.261. The van der Waals surface area contributed by atoms with E-state index >= 15 is 0 Å². The number of benzene rings is 1. The number of para-hydroxylation sites is 2. The van der Waals surface area contributed by atoms with Crippen LogP contribution in [-0.2, 0) is 6.54 Å². The van der Waals surface area contributed by atoms with Gasteiger partial charge in [0.1, 0.15) is 6.61 Å². The van der Waals surface area contributed by atoms with E-state index in [2.05, 4.69) is 19.7 Å². The third-order valence-corrected chi connectivity index (χ3v) is 7.10. The number of rotatable bonds is 7. The second kappa shape index (κ2) is 8.84. The number of nitrogens with zero attached hydrogens (tertiary/aromatic N) is 3. The number of hydrogen-bond donors (Lipinski definition) is 1. The van der Waals surface area contributed by atoms with Gasteiger partial charge in [-0.25, -0.2) is 4.98 Å². The molecular formula is C23H22N4O3S2. The monoisotopic (exact) mass is 466 g/mol. The van der Waals surface area contributed by atoms with E-state index in [0.29, 0.717) is 18.3 Å². The summed E-state index contributed by atoms with van der Waals surface area (Å²) in [5.41, 5.74) is 2.68.